The van der Waals surface area contributed by atoms with Gasteiger partial charge in [-0.05, 0) is 0 Å². The van der Waals surface area contributed by atoms with Crippen molar-refractivity contribution in [3.8, 4) is 0 Å². The van der Waals surface area contributed by atoms with E-state index in [0.29, 0.717) is 0 Å². The summed E-state index contributed by atoms with van der Waals surface area (Å²) in [5, 5.41) is 7.96. The fourth-order valence-electron chi connectivity index (χ4n) is 0.174. The van der Waals surface area contributed by atoms with E-state index >= 15 is 0 Å². The highest BCUT2D eigenvalue weighted by Crippen LogP contribution is 1.68. The van der Waals surface area contributed by atoms with Gasteiger partial charge in [-0.3, -0.25) is 4.84 Å². The van der Waals surface area contributed by atoms with Crippen LogP contribution in [0.5, 0.6) is 0 Å². The van der Waals surface area contributed by atoms with E-state index in [4.69, 9.17) is 5.11 Å². The van der Waals surface area contributed by atoms with Crippen LogP contribution in [0.25, 0.3) is 0 Å². The molecule has 0 aromatic rings. The Morgan fingerprint density at radius 1 is 1.89 bits per heavy atom. The third kappa shape index (κ3) is 7.54. The highest BCUT2D eigenvalue weighted by Gasteiger charge is 1.95. The lowest BCUT2D eigenvalue weighted by Crippen LogP contribution is -2.20. The fourth-order valence-corrected chi connectivity index (χ4v) is 0.399. The van der Waals surface area contributed by atoms with Gasteiger partial charge in [0, 0.05) is 6.26 Å². The van der Waals surface area contributed by atoms with E-state index in [1.807, 2.05) is 4.89 Å². The van der Waals surface area contributed by atoms with E-state index in [9.17, 15) is 9.00 Å². The predicted molar refractivity (Wildman–Crippen MR) is 30.8 cm³/mol. The minimum Gasteiger partial charge on any atom is -0.479 e. The van der Waals surface area contributed by atoms with Crippen LogP contribution >= 0.6 is 0 Å². The minimum atomic E-state index is -1.32. The van der Waals surface area contributed by atoms with Crippen molar-refractivity contribution < 1.29 is 18.9 Å². The summed E-state index contributed by atoms with van der Waals surface area (Å²) < 4.78 is 10.1. The Kier molecular flexibility index (Phi) is 4.20. The van der Waals surface area contributed by atoms with Crippen LogP contribution in [0.1, 0.15) is 0 Å². The number of hydrogen-bond donors (Lipinski definition) is 2. The van der Waals surface area contributed by atoms with E-state index in [0.717, 1.165) is 0 Å². The summed E-state index contributed by atoms with van der Waals surface area (Å²) in [5.74, 6) is -1.10. The van der Waals surface area contributed by atoms with Crippen LogP contribution in [0.2, 0.25) is 0 Å². The van der Waals surface area contributed by atoms with Crippen molar-refractivity contribution in [1.82, 2.24) is 4.89 Å². The Morgan fingerprint density at radius 3 is 2.78 bits per heavy atom. The molecule has 0 spiro atoms. The van der Waals surface area contributed by atoms with Crippen molar-refractivity contribution in [1.29, 1.82) is 0 Å². The van der Waals surface area contributed by atoms with Gasteiger partial charge in [0.05, 0.1) is 0 Å². The lowest BCUT2D eigenvalue weighted by atomic mass is 10.8. The van der Waals surface area contributed by atoms with Crippen LogP contribution in [0.15, 0.2) is 0 Å². The molecule has 1 unspecified atom stereocenters. The zero-order valence-corrected chi connectivity index (χ0v) is 5.60. The van der Waals surface area contributed by atoms with Crippen molar-refractivity contribution in [3.63, 3.8) is 0 Å². The molecule has 1 atom stereocenters. The fraction of sp³-hybridized carbons (Fsp3) is 0.667. The largest absolute Gasteiger partial charge is 0.479 e. The van der Waals surface area contributed by atoms with Crippen LogP contribution in [-0.4, -0.2) is 28.1 Å². The summed E-state index contributed by atoms with van der Waals surface area (Å²) in [7, 11) is -1.32. The molecule has 5 nitrogen and oxygen atoms in total. The molecule has 0 aliphatic heterocycles. The van der Waals surface area contributed by atoms with Gasteiger partial charge in [-0.2, -0.15) is 0 Å². The van der Waals surface area contributed by atoms with Gasteiger partial charge in [0.25, 0.3) is 0 Å². The van der Waals surface area contributed by atoms with Crippen molar-refractivity contribution in [2.75, 3.05) is 12.9 Å². The number of aliphatic carboxylic acids is 1. The molecule has 0 aromatic heterocycles. The average Bonchev–Trinajstić information content (AvgIpc) is 1.63. The van der Waals surface area contributed by atoms with E-state index in [2.05, 4.69) is 4.84 Å². The summed E-state index contributed by atoms with van der Waals surface area (Å²) in [6.45, 7) is -0.487. The molecule has 0 aliphatic carbocycles. The first-order chi connectivity index (χ1) is 4.13. The molecule has 0 fully saturated rings. The molecule has 0 radical (unpaired) electrons. The summed E-state index contributed by atoms with van der Waals surface area (Å²) in [6.07, 6.45) is 1.34. The van der Waals surface area contributed by atoms with Gasteiger partial charge < -0.3 is 5.11 Å². The maximum absolute atomic E-state index is 10.1. The van der Waals surface area contributed by atoms with Gasteiger partial charge >= 0.3 is 5.97 Å². The van der Waals surface area contributed by atoms with Crippen LogP contribution in [0, 0.1) is 0 Å². The van der Waals surface area contributed by atoms with Gasteiger partial charge in [-0.1, -0.05) is 0 Å². The molecule has 0 saturated carbocycles. The van der Waals surface area contributed by atoms with Gasteiger partial charge in [-0.15, -0.1) is 4.89 Å². The maximum Gasteiger partial charge on any atom is 0.331 e. The molecule has 2 N–H and O–H groups in total. The predicted octanol–water partition coefficient (Wildman–Crippen LogP) is -1.11. The number of nitrogens with one attached hydrogen (secondary N) is 1. The van der Waals surface area contributed by atoms with Gasteiger partial charge in [-0.25, -0.2) is 9.00 Å². The quantitative estimate of drug-likeness (QED) is 0.502. The molecule has 54 valence electrons. The van der Waals surface area contributed by atoms with Crippen molar-refractivity contribution in [2.24, 2.45) is 0 Å². The van der Waals surface area contributed by atoms with Crippen LogP contribution < -0.4 is 4.89 Å². The molecule has 0 aromatic carbocycles. The summed E-state index contributed by atoms with van der Waals surface area (Å²) in [4.78, 5) is 15.9. The number of hydrogen-bond acceptors (Lipinski definition) is 3. The van der Waals surface area contributed by atoms with Crippen molar-refractivity contribution in [3.05, 3.63) is 0 Å². The Balaban J connectivity index is 3.10. The zero-order chi connectivity index (χ0) is 7.28. The first-order valence-electron chi connectivity index (χ1n) is 2.05. The normalized spacial score (nSPS) is 13.0. The number of rotatable bonds is 4. The molecule has 6 heteroatoms. The van der Waals surface area contributed by atoms with Gasteiger partial charge in [0.1, 0.15) is 11.0 Å². The van der Waals surface area contributed by atoms with E-state index < -0.39 is 23.6 Å². The second kappa shape index (κ2) is 4.42. The lowest BCUT2D eigenvalue weighted by molar-refractivity contribution is -0.143. The molecular formula is C3H7NO4S. The van der Waals surface area contributed by atoms with Crippen LogP contribution in [-0.2, 0) is 20.6 Å². The first kappa shape index (κ1) is 8.54. The summed E-state index contributed by atoms with van der Waals surface area (Å²) in [6, 6.07) is 0. The molecule has 0 aliphatic rings. The van der Waals surface area contributed by atoms with Crippen LogP contribution in [0.4, 0.5) is 0 Å². The third-order valence-electron chi connectivity index (χ3n) is 0.372. The highest BCUT2D eigenvalue weighted by atomic mass is 32.2. The molecule has 0 saturated heterocycles. The van der Waals surface area contributed by atoms with Gasteiger partial charge in [0.15, 0.2) is 6.61 Å². The third-order valence-corrected chi connectivity index (χ3v) is 0.724. The molecule has 0 amide bonds. The molecular weight excluding hydrogens is 146 g/mol. The smallest absolute Gasteiger partial charge is 0.331 e. The maximum atomic E-state index is 10.1. The Bertz CT molecular complexity index is 111. The highest BCUT2D eigenvalue weighted by molar-refractivity contribution is 7.82. The Morgan fingerprint density at radius 2 is 2.44 bits per heavy atom. The molecule has 9 heavy (non-hydrogen) atoms. The standard InChI is InChI=1S/C3H7NO4S/c1-9(7)4-8-2-3(5)6/h4H,2H2,1H3,(H,5,6). The zero-order valence-electron chi connectivity index (χ0n) is 4.79. The molecule has 0 bridgehead atoms. The molecule has 0 heterocycles. The van der Waals surface area contributed by atoms with E-state index in [-0.39, 0.29) is 0 Å². The number of carboxylic acids is 1. The Hall–Kier alpha value is -0.460. The van der Waals surface area contributed by atoms with Crippen LogP contribution in [0.3, 0.4) is 0 Å². The number of carbonyl (C=O) groups is 1. The monoisotopic (exact) mass is 153 g/mol. The Labute approximate surface area is 54.6 Å². The number of carboxylic acid groups (broad SMARTS) is 1. The van der Waals surface area contributed by atoms with Crippen molar-refractivity contribution >= 4 is 17.0 Å². The average molecular weight is 153 g/mol. The molecule has 0 rings (SSSR count). The second-order valence-corrected chi connectivity index (χ2v) is 2.29. The topological polar surface area (TPSA) is 75.6 Å². The first-order valence-corrected chi connectivity index (χ1v) is 3.61. The minimum absolute atomic E-state index is 0.487. The van der Waals surface area contributed by atoms with Gasteiger partial charge in [0.2, 0.25) is 0 Å². The van der Waals surface area contributed by atoms with Crippen molar-refractivity contribution in [2.45, 2.75) is 0 Å². The van der Waals surface area contributed by atoms with E-state index in [1.165, 1.54) is 6.26 Å². The van der Waals surface area contributed by atoms with E-state index in [1.54, 1.807) is 0 Å². The SMILES string of the molecule is CS(=O)NOCC(=O)O. The summed E-state index contributed by atoms with van der Waals surface area (Å²) in [5.41, 5.74) is 0. The summed E-state index contributed by atoms with van der Waals surface area (Å²) >= 11 is 0. The lowest BCUT2D eigenvalue weighted by Gasteiger charge is -1.96. The second-order valence-electron chi connectivity index (χ2n) is 1.22.